The number of fused-ring (bicyclic) bond motifs is 6. The lowest BCUT2D eigenvalue weighted by Gasteiger charge is -2.60. The Hall–Kier alpha value is -0.890. The minimum Gasteiger partial charge on any atom is -0.389 e. The second-order valence-corrected chi connectivity index (χ2v) is 12.8. The first kappa shape index (κ1) is 21.9. The molecule has 172 valence electrons. The zero-order chi connectivity index (χ0) is 22.2. The topological polar surface area (TPSA) is 37.3 Å². The zero-order valence-corrected chi connectivity index (χ0v) is 20.6. The Kier molecular flexibility index (Phi) is 4.99. The number of rotatable bonds is 4. The second-order valence-electron chi connectivity index (χ2n) is 12.8. The van der Waals surface area contributed by atoms with Gasteiger partial charge in [-0.2, -0.15) is 0 Å². The molecule has 5 rings (SSSR count). The number of aliphatic hydroxyl groups is 1. The summed E-state index contributed by atoms with van der Waals surface area (Å²) in [5.74, 6) is 2.91. The van der Waals surface area contributed by atoms with Crippen LogP contribution in [-0.2, 0) is 4.79 Å². The molecule has 2 heteroatoms. The quantitative estimate of drug-likeness (QED) is 0.492. The molecule has 1 spiro atoms. The summed E-state index contributed by atoms with van der Waals surface area (Å²) in [7, 11) is 0. The summed E-state index contributed by atoms with van der Waals surface area (Å²) in [5, 5.41) is 12.1. The summed E-state index contributed by atoms with van der Waals surface area (Å²) in [4.78, 5) is 12.8. The lowest BCUT2D eigenvalue weighted by atomic mass is 9.45. The van der Waals surface area contributed by atoms with E-state index in [4.69, 9.17) is 0 Å². The Bertz CT molecular complexity index is 828. The number of Topliss-reactive ketones (excluding diaryl/α,β-unsaturated/α-hetero) is 1. The fourth-order valence-electron chi connectivity index (χ4n) is 9.31. The average Bonchev–Trinajstić information content (AvgIpc) is 3.45. The molecule has 1 N–H and O–H groups in total. The molecular weight excluding hydrogens is 380 g/mol. The van der Waals surface area contributed by atoms with Gasteiger partial charge in [0, 0.05) is 6.42 Å². The summed E-state index contributed by atoms with van der Waals surface area (Å²) < 4.78 is 0. The molecule has 0 saturated heterocycles. The van der Waals surface area contributed by atoms with Crippen molar-refractivity contribution in [3.8, 4) is 0 Å². The van der Waals surface area contributed by atoms with Gasteiger partial charge in [-0.15, -0.1) is 0 Å². The summed E-state index contributed by atoms with van der Waals surface area (Å²) in [6.07, 6.45) is 16.8. The van der Waals surface area contributed by atoms with E-state index in [1.807, 2.05) is 0 Å². The van der Waals surface area contributed by atoms with Crippen molar-refractivity contribution in [2.24, 2.45) is 39.9 Å². The summed E-state index contributed by atoms with van der Waals surface area (Å²) in [6, 6.07) is 0. The monoisotopic (exact) mass is 424 g/mol. The van der Waals surface area contributed by atoms with Gasteiger partial charge in [0.1, 0.15) is 5.78 Å². The second kappa shape index (κ2) is 7.05. The fourth-order valence-corrected chi connectivity index (χ4v) is 9.31. The molecule has 0 aromatic heterocycles. The van der Waals surface area contributed by atoms with Crippen molar-refractivity contribution in [3.63, 3.8) is 0 Å². The number of carbonyl (C=O) groups is 1. The normalized spacial score (nSPS) is 45.9. The minimum absolute atomic E-state index is 0.0437. The summed E-state index contributed by atoms with van der Waals surface area (Å²) >= 11 is 0. The van der Waals surface area contributed by atoms with Crippen molar-refractivity contribution < 1.29 is 9.90 Å². The number of allylic oxidation sites excluding steroid dienone is 4. The van der Waals surface area contributed by atoms with Crippen molar-refractivity contribution >= 4 is 5.78 Å². The van der Waals surface area contributed by atoms with Gasteiger partial charge in [-0.1, -0.05) is 44.1 Å². The predicted molar refractivity (Wildman–Crippen MR) is 127 cm³/mol. The number of hydrogen-bond donors (Lipinski definition) is 1. The lowest BCUT2D eigenvalue weighted by Crippen LogP contribution is -2.57. The maximum absolute atomic E-state index is 12.8. The molecule has 0 aliphatic heterocycles. The van der Waals surface area contributed by atoms with Crippen molar-refractivity contribution in [1.29, 1.82) is 0 Å². The Morgan fingerprint density at radius 1 is 1.13 bits per heavy atom. The van der Waals surface area contributed by atoms with Crippen LogP contribution >= 0.6 is 0 Å². The molecular formula is C29H44O2. The Balaban J connectivity index is 1.41. The van der Waals surface area contributed by atoms with Crippen molar-refractivity contribution in [3.05, 3.63) is 23.3 Å². The molecule has 0 radical (unpaired) electrons. The van der Waals surface area contributed by atoms with E-state index in [1.165, 1.54) is 18.4 Å². The molecule has 2 nitrogen and oxygen atoms in total. The van der Waals surface area contributed by atoms with Crippen LogP contribution in [0.4, 0.5) is 0 Å². The molecule has 4 saturated carbocycles. The van der Waals surface area contributed by atoms with Crippen LogP contribution in [0.1, 0.15) is 105 Å². The van der Waals surface area contributed by atoms with Gasteiger partial charge in [0.2, 0.25) is 0 Å². The van der Waals surface area contributed by atoms with Crippen LogP contribution in [0.5, 0.6) is 0 Å². The maximum Gasteiger partial charge on any atom is 0.143 e. The highest BCUT2D eigenvalue weighted by atomic mass is 16.3. The van der Waals surface area contributed by atoms with Crippen molar-refractivity contribution in [1.82, 2.24) is 0 Å². The standard InChI is InChI=1S/C29H44O2/c1-19(2)7-6-8-20(3)29(31)16-12-23-21-9-10-24-26(4,22(21)11-15-27(23,29)5)14-13-25(30)28(24)17-18-28/h7,10,20-23,31H,6,8-9,11-18H2,1-5H3/t20-,21-,22+,23+,26-,27+,29+/m1/s1. The minimum atomic E-state index is -0.525. The van der Waals surface area contributed by atoms with E-state index < -0.39 is 5.60 Å². The molecule has 0 unspecified atom stereocenters. The Labute approximate surface area is 190 Å². The average molecular weight is 425 g/mol. The molecule has 4 fully saturated rings. The van der Waals surface area contributed by atoms with Gasteiger partial charge in [-0.25, -0.2) is 0 Å². The van der Waals surface area contributed by atoms with E-state index in [0.717, 1.165) is 57.8 Å². The first-order valence-electron chi connectivity index (χ1n) is 13.2. The number of ketones is 1. The number of hydrogen-bond acceptors (Lipinski definition) is 2. The van der Waals surface area contributed by atoms with Crippen LogP contribution in [0.3, 0.4) is 0 Å². The van der Waals surface area contributed by atoms with Gasteiger partial charge >= 0.3 is 0 Å². The first-order chi connectivity index (χ1) is 14.6. The van der Waals surface area contributed by atoms with Crippen molar-refractivity contribution in [2.75, 3.05) is 0 Å². The first-order valence-corrected chi connectivity index (χ1v) is 13.2. The molecule has 5 aliphatic carbocycles. The van der Waals surface area contributed by atoms with Crippen LogP contribution < -0.4 is 0 Å². The van der Waals surface area contributed by atoms with Gasteiger partial charge in [0.25, 0.3) is 0 Å². The summed E-state index contributed by atoms with van der Waals surface area (Å²) in [5.41, 5.74) is 2.63. The van der Waals surface area contributed by atoms with Crippen LogP contribution in [0.15, 0.2) is 23.3 Å². The van der Waals surface area contributed by atoms with Crippen LogP contribution in [0, 0.1) is 39.9 Å². The van der Waals surface area contributed by atoms with Gasteiger partial charge in [-0.3, -0.25) is 4.79 Å². The third-order valence-corrected chi connectivity index (χ3v) is 11.3. The molecule has 0 aromatic rings. The van der Waals surface area contributed by atoms with E-state index in [2.05, 4.69) is 46.8 Å². The molecule has 31 heavy (non-hydrogen) atoms. The molecule has 0 aromatic carbocycles. The van der Waals surface area contributed by atoms with Crippen molar-refractivity contribution in [2.45, 2.75) is 111 Å². The number of carbonyl (C=O) groups excluding carboxylic acids is 1. The van der Waals surface area contributed by atoms with Gasteiger partial charge in [0.15, 0.2) is 0 Å². The highest BCUT2D eigenvalue weighted by molar-refractivity contribution is 5.92. The third-order valence-electron chi connectivity index (χ3n) is 11.3. The van der Waals surface area contributed by atoms with Gasteiger partial charge in [-0.05, 0) is 113 Å². The highest BCUT2D eigenvalue weighted by Gasteiger charge is 2.68. The van der Waals surface area contributed by atoms with Gasteiger partial charge in [0.05, 0.1) is 11.0 Å². The van der Waals surface area contributed by atoms with E-state index in [-0.39, 0.29) is 16.2 Å². The Morgan fingerprint density at radius 2 is 1.84 bits per heavy atom. The molecule has 0 heterocycles. The van der Waals surface area contributed by atoms with Gasteiger partial charge < -0.3 is 5.11 Å². The van der Waals surface area contributed by atoms with E-state index >= 15 is 0 Å². The molecule has 5 aliphatic rings. The van der Waals surface area contributed by atoms with E-state index in [0.29, 0.717) is 29.5 Å². The third kappa shape index (κ3) is 2.89. The van der Waals surface area contributed by atoms with Crippen LogP contribution in [-0.4, -0.2) is 16.5 Å². The highest BCUT2D eigenvalue weighted by Crippen LogP contribution is 2.72. The van der Waals surface area contributed by atoms with E-state index in [1.54, 1.807) is 5.57 Å². The smallest absolute Gasteiger partial charge is 0.143 e. The van der Waals surface area contributed by atoms with E-state index in [9.17, 15) is 9.90 Å². The predicted octanol–water partition coefficient (Wildman–Crippen LogP) is 7.02. The maximum atomic E-state index is 12.8. The molecule has 0 bridgehead atoms. The summed E-state index contributed by atoms with van der Waals surface area (Å²) in [6.45, 7) is 11.6. The molecule has 7 atom stereocenters. The molecule has 0 amide bonds. The fraction of sp³-hybridized carbons (Fsp3) is 0.828. The Morgan fingerprint density at radius 3 is 2.52 bits per heavy atom. The van der Waals surface area contributed by atoms with Crippen LogP contribution in [0.25, 0.3) is 0 Å². The zero-order valence-electron chi connectivity index (χ0n) is 20.6. The SMILES string of the molecule is CC(C)=CCC[C@@H](C)[C@@]1(O)CC[C@H]2[C@@H]3CC=C4C5(CC5)C(=O)CC[C@]4(C)[C@H]3CC[C@@]21C. The lowest BCUT2D eigenvalue weighted by molar-refractivity contribution is -0.151. The van der Waals surface area contributed by atoms with Crippen LogP contribution in [0.2, 0.25) is 0 Å². The largest absolute Gasteiger partial charge is 0.389 e.